The number of rotatable bonds is 6. The maximum atomic E-state index is 13.3. The van der Waals surface area contributed by atoms with E-state index in [2.05, 4.69) is 5.32 Å². The van der Waals surface area contributed by atoms with Gasteiger partial charge in [0.1, 0.15) is 17.1 Å². The summed E-state index contributed by atoms with van der Waals surface area (Å²) in [6.07, 6.45) is -3.13. The molecule has 0 aromatic heterocycles. The maximum Gasteiger partial charge on any atom is 0.416 e. The molecule has 4 rings (SSSR count). The second-order valence-electron chi connectivity index (χ2n) is 9.16. The Hall–Kier alpha value is -4.01. The van der Waals surface area contributed by atoms with Crippen LogP contribution in [-0.4, -0.2) is 44.0 Å². The number of amides is 2. The summed E-state index contributed by atoms with van der Waals surface area (Å²) in [6.45, 7) is 2.24. The lowest BCUT2D eigenvalue weighted by Gasteiger charge is -2.33. The normalized spacial score (nSPS) is 14.2. The largest absolute Gasteiger partial charge is 0.496 e. The van der Waals surface area contributed by atoms with Crippen molar-refractivity contribution in [2.24, 2.45) is 0 Å². The van der Waals surface area contributed by atoms with Crippen molar-refractivity contribution in [3.8, 4) is 11.5 Å². The zero-order valence-electron chi connectivity index (χ0n) is 21.4. The molecule has 1 saturated heterocycles. The number of ether oxygens (including phenoxy) is 2. The van der Waals surface area contributed by atoms with Gasteiger partial charge in [-0.15, -0.1) is 0 Å². The monoisotopic (exact) mass is 526 g/mol. The molecule has 0 spiro atoms. The second-order valence-corrected chi connectivity index (χ2v) is 9.16. The van der Waals surface area contributed by atoms with Gasteiger partial charge in [-0.3, -0.25) is 9.59 Å². The molecule has 9 heteroatoms. The lowest BCUT2D eigenvalue weighted by Crippen LogP contribution is -2.38. The molecule has 38 heavy (non-hydrogen) atoms. The number of hydrogen-bond donors (Lipinski definition) is 1. The number of methoxy groups -OCH3 is 2. The summed E-state index contributed by atoms with van der Waals surface area (Å²) in [5.74, 6) is 0.265. The lowest BCUT2D eigenvalue weighted by atomic mass is 9.89. The molecule has 1 aliphatic heterocycles. The average Bonchev–Trinajstić information content (AvgIpc) is 2.92. The molecule has 200 valence electrons. The summed E-state index contributed by atoms with van der Waals surface area (Å²) in [5.41, 5.74) is 1.24. The molecule has 0 radical (unpaired) electrons. The molecule has 0 aliphatic carbocycles. The summed E-state index contributed by atoms with van der Waals surface area (Å²) in [4.78, 5) is 27.5. The number of carbonyl (C=O) groups excluding carboxylic acids is 2. The van der Waals surface area contributed by atoms with Gasteiger partial charge in [0, 0.05) is 24.3 Å². The van der Waals surface area contributed by atoms with Crippen molar-refractivity contribution < 1.29 is 32.2 Å². The molecule has 0 atom stereocenters. The zero-order valence-corrected chi connectivity index (χ0v) is 21.4. The lowest BCUT2D eigenvalue weighted by molar-refractivity contribution is -0.138. The third-order valence-electron chi connectivity index (χ3n) is 6.95. The van der Waals surface area contributed by atoms with Crippen molar-refractivity contribution in [1.82, 2.24) is 4.90 Å². The molecule has 1 heterocycles. The van der Waals surface area contributed by atoms with Gasteiger partial charge in [-0.2, -0.15) is 13.2 Å². The van der Waals surface area contributed by atoms with Gasteiger partial charge in [-0.1, -0.05) is 24.3 Å². The molecule has 3 aromatic carbocycles. The third kappa shape index (κ3) is 5.61. The van der Waals surface area contributed by atoms with Crippen LogP contribution in [0, 0.1) is 6.92 Å². The van der Waals surface area contributed by atoms with Crippen LogP contribution in [0.3, 0.4) is 0 Å². The first-order valence-corrected chi connectivity index (χ1v) is 12.2. The van der Waals surface area contributed by atoms with Crippen LogP contribution in [0.4, 0.5) is 18.9 Å². The number of halogens is 3. The fourth-order valence-corrected chi connectivity index (χ4v) is 4.87. The predicted molar refractivity (Wildman–Crippen MR) is 138 cm³/mol. The van der Waals surface area contributed by atoms with Crippen LogP contribution in [0.2, 0.25) is 0 Å². The summed E-state index contributed by atoms with van der Waals surface area (Å²) in [7, 11) is 2.97. The van der Waals surface area contributed by atoms with Gasteiger partial charge in [-0.05, 0) is 73.2 Å². The Labute approximate surface area is 219 Å². The minimum absolute atomic E-state index is 0.0458. The molecule has 1 aliphatic rings. The molecule has 3 aromatic rings. The van der Waals surface area contributed by atoms with Crippen LogP contribution in [-0.2, 0) is 6.18 Å². The highest BCUT2D eigenvalue weighted by Crippen LogP contribution is 2.35. The molecule has 0 unspecified atom stereocenters. The van der Waals surface area contributed by atoms with E-state index in [4.69, 9.17) is 9.47 Å². The smallest absolute Gasteiger partial charge is 0.416 e. The highest BCUT2D eigenvalue weighted by molar-refractivity contribution is 6.08. The fourth-order valence-electron chi connectivity index (χ4n) is 4.87. The van der Waals surface area contributed by atoms with Crippen molar-refractivity contribution in [3.63, 3.8) is 0 Å². The van der Waals surface area contributed by atoms with Gasteiger partial charge in [0.15, 0.2) is 0 Å². The molecule has 2 amide bonds. The van der Waals surface area contributed by atoms with Crippen LogP contribution < -0.4 is 14.8 Å². The van der Waals surface area contributed by atoms with Crippen molar-refractivity contribution in [1.29, 1.82) is 0 Å². The average molecular weight is 527 g/mol. The van der Waals surface area contributed by atoms with Gasteiger partial charge in [0.2, 0.25) is 0 Å². The zero-order chi connectivity index (χ0) is 27.4. The van der Waals surface area contributed by atoms with Gasteiger partial charge >= 0.3 is 6.18 Å². The van der Waals surface area contributed by atoms with E-state index in [0.29, 0.717) is 48.7 Å². The number of benzene rings is 3. The summed E-state index contributed by atoms with van der Waals surface area (Å²) in [6, 6.07) is 16.4. The number of likely N-dealkylation sites (tertiary alicyclic amines) is 1. The second kappa shape index (κ2) is 11.2. The first-order chi connectivity index (χ1) is 18.1. The van der Waals surface area contributed by atoms with Gasteiger partial charge < -0.3 is 19.7 Å². The van der Waals surface area contributed by atoms with Crippen molar-refractivity contribution in [2.45, 2.75) is 31.9 Å². The number of nitrogens with zero attached hydrogens (tertiary/aromatic N) is 1. The number of anilines is 1. The predicted octanol–water partition coefficient (Wildman–Crippen LogP) is 6.30. The van der Waals surface area contributed by atoms with E-state index in [-0.39, 0.29) is 28.9 Å². The van der Waals surface area contributed by atoms with Gasteiger partial charge in [0.05, 0.1) is 19.8 Å². The standard InChI is InChI=1S/C29H29F3N2O4/c1-18-22(6-4-7-23(18)29(30,31)32)28(36)34-16-14-20(15-17-34)19-10-12-21(13-11-19)33-27(35)26-24(37-2)8-5-9-25(26)38-3/h4-13,20H,14-17H2,1-3H3,(H,33,35). The first-order valence-electron chi connectivity index (χ1n) is 12.2. The van der Waals surface area contributed by atoms with Crippen molar-refractivity contribution in [3.05, 3.63) is 88.5 Å². The Morgan fingerprint density at radius 1 is 0.895 bits per heavy atom. The maximum absolute atomic E-state index is 13.3. The number of carbonyl (C=O) groups is 2. The molecule has 0 saturated carbocycles. The SMILES string of the molecule is COc1cccc(OC)c1C(=O)Nc1ccc(C2CCN(C(=O)c3cccc(C(F)(F)F)c3C)CC2)cc1. The van der Waals surface area contributed by atoms with Crippen LogP contribution in [0.1, 0.15) is 56.2 Å². The van der Waals surface area contributed by atoms with E-state index in [0.717, 1.165) is 11.6 Å². The van der Waals surface area contributed by atoms with E-state index in [9.17, 15) is 22.8 Å². The summed E-state index contributed by atoms with van der Waals surface area (Å²) in [5, 5.41) is 2.87. The van der Waals surface area contributed by atoms with E-state index >= 15 is 0 Å². The molecular formula is C29H29F3N2O4. The highest BCUT2D eigenvalue weighted by atomic mass is 19.4. The Morgan fingerprint density at radius 2 is 1.47 bits per heavy atom. The minimum Gasteiger partial charge on any atom is -0.496 e. The van der Waals surface area contributed by atoms with Gasteiger partial charge in [0.25, 0.3) is 11.8 Å². The first kappa shape index (κ1) is 27.0. The van der Waals surface area contributed by atoms with Crippen molar-refractivity contribution >= 4 is 17.5 Å². The Bertz CT molecular complexity index is 1290. The molecule has 1 N–H and O–H groups in total. The molecular weight excluding hydrogens is 497 g/mol. The number of piperidine rings is 1. The number of nitrogens with one attached hydrogen (secondary N) is 1. The fraction of sp³-hybridized carbons (Fsp3) is 0.310. The molecule has 0 bridgehead atoms. The Balaban J connectivity index is 1.39. The molecule has 6 nitrogen and oxygen atoms in total. The summed E-state index contributed by atoms with van der Waals surface area (Å²) >= 11 is 0. The number of alkyl halides is 3. The van der Waals surface area contributed by atoms with E-state index in [1.54, 1.807) is 23.1 Å². The quantitative estimate of drug-likeness (QED) is 0.409. The van der Waals surface area contributed by atoms with E-state index in [1.165, 1.54) is 33.3 Å². The van der Waals surface area contributed by atoms with Crippen LogP contribution >= 0.6 is 0 Å². The van der Waals surface area contributed by atoms with Crippen LogP contribution in [0.25, 0.3) is 0 Å². The topological polar surface area (TPSA) is 67.9 Å². The van der Waals surface area contributed by atoms with E-state index < -0.39 is 11.7 Å². The van der Waals surface area contributed by atoms with Gasteiger partial charge in [-0.25, -0.2) is 0 Å². The molecule has 1 fully saturated rings. The Kier molecular flexibility index (Phi) is 7.94. The number of hydrogen-bond acceptors (Lipinski definition) is 4. The third-order valence-corrected chi connectivity index (χ3v) is 6.95. The van der Waals surface area contributed by atoms with Crippen LogP contribution in [0.15, 0.2) is 60.7 Å². The minimum atomic E-state index is -4.50. The van der Waals surface area contributed by atoms with Crippen molar-refractivity contribution in [2.75, 3.05) is 32.6 Å². The Morgan fingerprint density at radius 3 is 2.03 bits per heavy atom. The van der Waals surface area contributed by atoms with Crippen LogP contribution in [0.5, 0.6) is 11.5 Å². The summed E-state index contributed by atoms with van der Waals surface area (Å²) < 4.78 is 50.4. The van der Waals surface area contributed by atoms with E-state index in [1.807, 2.05) is 24.3 Å². The highest BCUT2D eigenvalue weighted by Gasteiger charge is 2.34.